The molecule has 0 aliphatic heterocycles. The van der Waals surface area contributed by atoms with E-state index in [2.05, 4.69) is 9.51 Å². The lowest BCUT2D eigenvalue weighted by molar-refractivity contribution is 0.481. The molecule has 1 atom stereocenters. The van der Waals surface area contributed by atoms with Gasteiger partial charge in [-0.05, 0) is 6.07 Å². The quantitative estimate of drug-likeness (QED) is 0.483. The molecule has 78 valence electrons. The normalized spacial score (nSPS) is 10.4. The van der Waals surface area contributed by atoms with Crippen molar-refractivity contribution in [1.29, 1.82) is 0 Å². The maximum Gasteiger partial charge on any atom is 0.637 e. The number of halogens is 3. The van der Waals surface area contributed by atoms with E-state index in [1.807, 2.05) is 6.11 Å². The minimum Gasteiger partial charge on any atom is -0.220 e. The predicted molar refractivity (Wildman–Crippen MR) is 64.1 cm³/mol. The van der Waals surface area contributed by atoms with Gasteiger partial charge < -0.3 is 0 Å². The Morgan fingerprint density at radius 3 is 2.67 bits per heavy atom. The molecule has 1 unspecified atom stereocenters. The smallest absolute Gasteiger partial charge is 0.220 e. The molecule has 1 aromatic rings. The fourth-order valence-corrected chi connectivity index (χ4v) is 1.95. The van der Waals surface area contributed by atoms with Crippen LogP contribution < -0.4 is 4.52 Å². The summed E-state index contributed by atoms with van der Waals surface area (Å²) in [6.07, 6.45) is 6.77. The molecule has 1 rings (SSSR count). The van der Waals surface area contributed by atoms with Crippen LogP contribution in [0.5, 0.6) is 5.88 Å². The van der Waals surface area contributed by atoms with Crippen molar-refractivity contribution in [3.8, 4) is 18.4 Å². The zero-order chi connectivity index (χ0) is 11.4. The van der Waals surface area contributed by atoms with Gasteiger partial charge in [-0.15, -0.1) is 0 Å². The third kappa shape index (κ3) is 3.64. The summed E-state index contributed by atoms with van der Waals surface area (Å²) in [5.41, 5.74) is 0. The number of nitrogens with zero attached hydrogens (tertiary/aromatic N) is 1. The summed E-state index contributed by atoms with van der Waals surface area (Å²) >= 11 is 21.9. The second kappa shape index (κ2) is 5.69. The van der Waals surface area contributed by atoms with E-state index in [0.717, 1.165) is 0 Å². The maximum atomic E-state index is 5.77. The van der Waals surface area contributed by atoms with Gasteiger partial charge in [0.15, 0.2) is 11.3 Å². The van der Waals surface area contributed by atoms with E-state index in [-0.39, 0.29) is 21.1 Å². The standard InChI is InChI=1S/C7H2Cl3NO2PS/c1-2-12-14(15)13-7-5(9)3-4(8)6(10)11-7/h1,3H/q+1. The summed E-state index contributed by atoms with van der Waals surface area (Å²) < 4.78 is 9.63. The molecule has 3 nitrogen and oxygen atoms in total. The molecule has 15 heavy (non-hydrogen) atoms. The number of rotatable bonds is 3. The molecule has 0 N–H and O–H groups in total. The van der Waals surface area contributed by atoms with Gasteiger partial charge >= 0.3 is 7.15 Å². The van der Waals surface area contributed by atoms with Crippen molar-refractivity contribution in [3.63, 3.8) is 0 Å². The molecule has 1 aromatic heterocycles. The van der Waals surface area contributed by atoms with Crippen molar-refractivity contribution in [1.82, 2.24) is 4.98 Å². The van der Waals surface area contributed by atoms with Gasteiger partial charge in [-0.1, -0.05) is 41.2 Å². The Hall–Kier alpha value is -0.300. The highest BCUT2D eigenvalue weighted by Gasteiger charge is 2.20. The first-order chi connectivity index (χ1) is 7.04. The molecule has 0 radical (unpaired) electrons. The van der Waals surface area contributed by atoms with Gasteiger partial charge in [-0.2, -0.15) is 9.51 Å². The van der Waals surface area contributed by atoms with Crippen LogP contribution in [0.1, 0.15) is 0 Å². The molecule has 0 aliphatic rings. The van der Waals surface area contributed by atoms with Crippen molar-refractivity contribution in [2.75, 3.05) is 0 Å². The largest absolute Gasteiger partial charge is 0.637 e. The molecule has 0 spiro atoms. The van der Waals surface area contributed by atoms with E-state index in [1.54, 1.807) is 0 Å². The number of hydrogen-bond donors (Lipinski definition) is 0. The molecular weight excluding hydrogens is 299 g/mol. The number of terminal acetylenes is 1. The molecule has 0 saturated carbocycles. The highest BCUT2D eigenvalue weighted by Crippen LogP contribution is 2.35. The summed E-state index contributed by atoms with van der Waals surface area (Å²) in [4.78, 5) is 3.77. The monoisotopic (exact) mass is 300 g/mol. The van der Waals surface area contributed by atoms with E-state index >= 15 is 0 Å². The van der Waals surface area contributed by atoms with Gasteiger partial charge in [0, 0.05) is 0 Å². The Bertz CT molecular complexity index is 449. The molecular formula is C7H2Cl3NO2PS+. The zero-order valence-corrected chi connectivity index (χ0v) is 10.9. The molecule has 8 heteroatoms. The molecule has 0 aliphatic carbocycles. The van der Waals surface area contributed by atoms with Crippen molar-refractivity contribution >= 4 is 53.8 Å². The van der Waals surface area contributed by atoms with Crippen molar-refractivity contribution in [3.05, 3.63) is 21.3 Å². The van der Waals surface area contributed by atoms with Crippen LogP contribution in [0.2, 0.25) is 15.2 Å². The summed E-state index contributed by atoms with van der Waals surface area (Å²) in [6, 6.07) is 1.39. The molecule has 0 amide bonds. The first kappa shape index (κ1) is 12.8. The van der Waals surface area contributed by atoms with Gasteiger partial charge in [0.05, 0.1) is 5.02 Å². The van der Waals surface area contributed by atoms with Gasteiger partial charge in [-0.25, -0.2) is 4.52 Å². The first-order valence-electron chi connectivity index (χ1n) is 3.34. The van der Waals surface area contributed by atoms with Gasteiger partial charge in [-0.3, -0.25) is 0 Å². The SMILES string of the molecule is C#CO[P+](=S)Oc1nc(Cl)c(Cl)cc1Cl. The van der Waals surface area contributed by atoms with Crippen LogP contribution in [0, 0.1) is 12.5 Å². The average Bonchev–Trinajstić information content (AvgIpc) is 2.14. The van der Waals surface area contributed by atoms with Crippen molar-refractivity contribution in [2.24, 2.45) is 0 Å². The Morgan fingerprint density at radius 1 is 1.40 bits per heavy atom. The van der Waals surface area contributed by atoms with Crippen LogP contribution in [0.4, 0.5) is 0 Å². The highest BCUT2D eigenvalue weighted by atomic mass is 35.5. The zero-order valence-electron chi connectivity index (χ0n) is 6.91. The fraction of sp³-hybridized carbons (Fsp3) is 0. The van der Waals surface area contributed by atoms with Crippen molar-refractivity contribution < 1.29 is 9.05 Å². The fourth-order valence-electron chi connectivity index (χ4n) is 0.625. The van der Waals surface area contributed by atoms with Gasteiger partial charge in [0.25, 0.3) is 17.7 Å². The van der Waals surface area contributed by atoms with Crippen LogP contribution in [0.3, 0.4) is 0 Å². The van der Waals surface area contributed by atoms with E-state index in [1.165, 1.54) is 6.07 Å². The lowest BCUT2D eigenvalue weighted by Gasteiger charge is -1.98. The minimum absolute atomic E-state index is 0.0439. The molecule has 0 fully saturated rings. The number of hydrogen-bond acceptors (Lipinski definition) is 4. The van der Waals surface area contributed by atoms with Crippen LogP contribution in [-0.4, -0.2) is 4.98 Å². The Morgan fingerprint density at radius 2 is 2.07 bits per heavy atom. The lowest BCUT2D eigenvalue weighted by Crippen LogP contribution is -1.89. The van der Waals surface area contributed by atoms with Gasteiger partial charge in [0.1, 0.15) is 5.02 Å². The summed E-state index contributed by atoms with van der Waals surface area (Å²) in [7, 11) is -1.70. The Balaban J connectivity index is 2.92. The third-order valence-corrected chi connectivity index (χ3v) is 3.11. The van der Waals surface area contributed by atoms with E-state index in [4.69, 9.17) is 57.6 Å². The van der Waals surface area contributed by atoms with E-state index < -0.39 is 7.15 Å². The predicted octanol–water partition coefficient (Wildman–Crippen LogP) is 3.80. The van der Waals surface area contributed by atoms with Crippen molar-refractivity contribution in [2.45, 2.75) is 0 Å². The maximum absolute atomic E-state index is 5.77. The highest BCUT2D eigenvalue weighted by molar-refractivity contribution is 8.00. The molecule has 0 bridgehead atoms. The second-order valence-corrected chi connectivity index (χ2v) is 4.95. The summed E-state index contributed by atoms with van der Waals surface area (Å²) in [5, 5.41) is 0.470. The van der Waals surface area contributed by atoms with E-state index in [0.29, 0.717) is 0 Å². The number of pyridine rings is 1. The third-order valence-electron chi connectivity index (χ3n) is 1.14. The lowest BCUT2D eigenvalue weighted by atomic mass is 10.5. The van der Waals surface area contributed by atoms with Crippen LogP contribution in [-0.2, 0) is 16.3 Å². The topological polar surface area (TPSA) is 31.4 Å². The molecule has 1 heterocycles. The molecule has 0 aromatic carbocycles. The second-order valence-electron chi connectivity index (χ2n) is 2.07. The molecule has 0 saturated heterocycles. The summed E-state index contributed by atoms with van der Waals surface area (Å²) in [5.74, 6) is 0.0439. The first-order valence-corrected chi connectivity index (χ1v) is 6.66. The number of aromatic nitrogens is 1. The Labute approximate surface area is 107 Å². The minimum atomic E-state index is -1.70. The van der Waals surface area contributed by atoms with Gasteiger partial charge in [0.2, 0.25) is 0 Å². The van der Waals surface area contributed by atoms with E-state index in [9.17, 15) is 0 Å². The Kier molecular flexibility index (Phi) is 4.85. The van der Waals surface area contributed by atoms with Crippen LogP contribution in [0.25, 0.3) is 0 Å². The van der Waals surface area contributed by atoms with Crippen LogP contribution in [0.15, 0.2) is 6.07 Å². The average molecular weight is 301 g/mol. The summed E-state index contributed by atoms with van der Waals surface area (Å²) in [6.45, 7) is 0. The van der Waals surface area contributed by atoms with Crippen LogP contribution >= 0.6 is 42.0 Å².